The highest BCUT2D eigenvalue weighted by molar-refractivity contribution is 7.20. The average molecular weight is 547 g/mol. The summed E-state index contributed by atoms with van der Waals surface area (Å²) >= 11 is 0.944. The van der Waals surface area contributed by atoms with Gasteiger partial charge in [-0.3, -0.25) is 9.78 Å². The van der Waals surface area contributed by atoms with Crippen molar-refractivity contribution in [1.82, 2.24) is 9.55 Å². The summed E-state index contributed by atoms with van der Waals surface area (Å²) in [7, 11) is 0. The number of carbonyl (C=O) groups excluding carboxylic acids is 2. The number of hydrogen-bond donors (Lipinski definition) is 2. The van der Waals surface area contributed by atoms with E-state index in [0.717, 1.165) is 21.5 Å². The van der Waals surface area contributed by atoms with Crippen molar-refractivity contribution in [2.45, 2.75) is 65.2 Å². The number of rotatable bonds is 10. The Labute approximate surface area is 224 Å². The molecule has 0 aliphatic carbocycles. The Morgan fingerprint density at radius 2 is 1.74 bits per heavy atom. The lowest BCUT2D eigenvalue weighted by atomic mass is 10.0. The molecule has 0 fully saturated rings. The maximum absolute atomic E-state index is 13.4. The van der Waals surface area contributed by atoms with Crippen LogP contribution in [0.3, 0.4) is 0 Å². The highest BCUT2D eigenvalue weighted by atomic mass is 32.1. The number of carbonyl (C=O) groups is 2. The minimum atomic E-state index is -1.59. The Morgan fingerprint density at radius 1 is 1.08 bits per heavy atom. The van der Waals surface area contributed by atoms with Crippen molar-refractivity contribution in [1.29, 1.82) is 0 Å². The Kier molecular flexibility index (Phi) is 8.96. The number of ether oxygens (including phenoxy) is 3. The lowest BCUT2D eigenvalue weighted by molar-refractivity contribution is -0.164. The summed E-state index contributed by atoms with van der Waals surface area (Å²) in [5.74, 6) is -1.37. The van der Waals surface area contributed by atoms with Crippen LogP contribution < -0.4 is 11.2 Å². The van der Waals surface area contributed by atoms with E-state index < -0.39 is 40.4 Å². The van der Waals surface area contributed by atoms with Gasteiger partial charge in [-0.25, -0.2) is 19.0 Å². The molecule has 0 aliphatic rings. The lowest BCUT2D eigenvalue weighted by Gasteiger charge is -2.29. The van der Waals surface area contributed by atoms with Gasteiger partial charge in [0.2, 0.25) is 0 Å². The number of hydrogen-bond acceptors (Lipinski definition) is 9. The van der Waals surface area contributed by atoms with Gasteiger partial charge in [0, 0.05) is 6.42 Å². The number of aliphatic hydroxyl groups is 1. The summed E-state index contributed by atoms with van der Waals surface area (Å²) in [6.45, 7) is 9.68. The highest BCUT2D eigenvalue weighted by Gasteiger charge is 2.38. The lowest BCUT2D eigenvalue weighted by Crippen LogP contribution is -2.52. The molecule has 1 aromatic carbocycles. The summed E-state index contributed by atoms with van der Waals surface area (Å²) in [4.78, 5) is 54.8. The van der Waals surface area contributed by atoms with Gasteiger partial charge in [-0.05, 0) is 52.7 Å². The fraction of sp³-hybridized carbons (Fsp3) is 0.481. The number of esters is 2. The third-order valence-corrected chi connectivity index (χ3v) is 7.00. The van der Waals surface area contributed by atoms with Crippen LogP contribution in [0.4, 0.5) is 0 Å². The summed E-state index contributed by atoms with van der Waals surface area (Å²) in [6, 6.07) is 9.31. The number of aryl methyl sites for hydroxylation is 1. The molecule has 0 amide bonds. The standard InChI is InChI=1S/C27H34N2O8S/c1-16-19-21(28-25(34)29(22(19)31)27(5,6)24(33)37-26(2,3)4)38-20(16)23(32)36-14-10-13-35-18(15-30)17-11-8-7-9-12-17/h7-9,11-12,18,30H,10,13-15H2,1-6H3,(H,28,34)/t18-/m0/s1. The third kappa shape index (κ3) is 6.40. The van der Waals surface area contributed by atoms with Crippen molar-refractivity contribution >= 4 is 33.5 Å². The number of fused-ring (bicyclic) bond motifs is 1. The van der Waals surface area contributed by atoms with Crippen molar-refractivity contribution in [3.8, 4) is 0 Å². The zero-order valence-electron chi connectivity index (χ0n) is 22.5. The Morgan fingerprint density at radius 3 is 2.34 bits per heavy atom. The number of thiophene rings is 1. The average Bonchev–Trinajstić information content (AvgIpc) is 3.16. The van der Waals surface area contributed by atoms with Crippen LogP contribution in [0, 0.1) is 6.92 Å². The first-order valence-electron chi connectivity index (χ1n) is 12.2. The largest absolute Gasteiger partial charge is 0.461 e. The summed E-state index contributed by atoms with van der Waals surface area (Å²) in [6.07, 6.45) is -0.0760. The van der Waals surface area contributed by atoms with Crippen LogP contribution >= 0.6 is 11.3 Å². The number of benzene rings is 1. The zero-order valence-corrected chi connectivity index (χ0v) is 23.3. The van der Waals surface area contributed by atoms with Gasteiger partial charge >= 0.3 is 17.6 Å². The van der Waals surface area contributed by atoms with Crippen LogP contribution in [0.2, 0.25) is 0 Å². The molecule has 1 atom stereocenters. The van der Waals surface area contributed by atoms with E-state index in [4.69, 9.17) is 14.2 Å². The second kappa shape index (κ2) is 11.6. The van der Waals surface area contributed by atoms with E-state index >= 15 is 0 Å². The van der Waals surface area contributed by atoms with Crippen molar-refractivity contribution in [3.05, 3.63) is 67.2 Å². The van der Waals surface area contributed by atoms with E-state index in [-0.39, 0.29) is 34.9 Å². The molecule has 0 saturated heterocycles. The topological polar surface area (TPSA) is 137 Å². The highest BCUT2D eigenvalue weighted by Crippen LogP contribution is 2.28. The van der Waals surface area contributed by atoms with E-state index in [9.17, 15) is 24.3 Å². The van der Waals surface area contributed by atoms with E-state index in [1.807, 2.05) is 30.3 Å². The van der Waals surface area contributed by atoms with Crippen LogP contribution in [0.25, 0.3) is 10.2 Å². The predicted molar refractivity (Wildman–Crippen MR) is 144 cm³/mol. The van der Waals surface area contributed by atoms with Gasteiger partial charge in [-0.2, -0.15) is 0 Å². The number of aromatic amines is 1. The first kappa shape index (κ1) is 29.3. The van der Waals surface area contributed by atoms with Gasteiger partial charge < -0.3 is 19.3 Å². The molecular weight excluding hydrogens is 512 g/mol. The number of aliphatic hydroxyl groups excluding tert-OH is 1. The molecule has 3 rings (SSSR count). The first-order valence-corrected chi connectivity index (χ1v) is 13.1. The Balaban J connectivity index is 1.73. The molecule has 0 unspecified atom stereocenters. The summed E-state index contributed by atoms with van der Waals surface area (Å²) in [5, 5.41) is 9.71. The summed E-state index contributed by atoms with van der Waals surface area (Å²) < 4.78 is 17.3. The molecule has 2 aromatic heterocycles. The van der Waals surface area contributed by atoms with Crippen molar-refractivity contribution in [2.75, 3.05) is 19.8 Å². The van der Waals surface area contributed by atoms with E-state index in [1.165, 1.54) is 13.8 Å². The van der Waals surface area contributed by atoms with Crippen LogP contribution in [0.1, 0.15) is 67.9 Å². The molecule has 2 N–H and O–H groups in total. The maximum atomic E-state index is 13.4. The Bertz CT molecular complexity index is 1410. The monoisotopic (exact) mass is 546 g/mol. The molecule has 10 nitrogen and oxygen atoms in total. The second-order valence-corrected chi connectivity index (χ2v) is 11.4. The fourth-order valence-electron chi connectivity index (χ4n) is 3.85. The molecule has 0 saturated carbocycles. The number of nitrogens with one attached hydrogen (secondary N) is 1. The van der Waals surface area contributed by atoms with E-state index in [0.29, 0.717) is 12.0 Å². The molecule has 206 valence electrons. The molecule has 11 heteroatoms. The van der Waals surface area contributed by atoms with Crippen LogP contribution in [0.5, 0.6) is 0 Å². The predicted octanol–water partition coefficient (Wildman–Crippen LogP) is 3.43. The van der Waals surface area contributed by atoms with Gasteiger partial charge in [0.25, 0.3) is 5.56 Å². The molecular formula is C27H34N2O8S. The fourth-order valence-corrected chi connectivity index (χ4v) is 4.93. The van der Waals surface area contributed by atoms with Crippen LogP contribution in [-0.4, -0.2) is 52.0 Å². The summed E-state index contributed by atoms with van der Waals surface area (Å²) in [5.41, 5.74) is -2.68. The maximum Gasteiger partial charge on any atom is 0.348 e. The van der Waals surface area contributed by atoms with E-state index in [2.05, 4.69) is 4.98 Å². The normalized spacial score (nSPS) is 12.9. The molecule has 38 heavy (non-hydrogen) atoms. The zero-order chi connectivity index (χ0) is 28.3. The minimum Gasteiger partial charge on any atom is -0.461 e. The van der Waals surface area contributed by atoms with Gasteiger partial charge in [0.15, 0.2) is 0 Å². The van der Waals surface area contributed by atoms with Gasteiger partial charge in [0.1, 0.15) is 27.0 Å². The minimum absolute atomic E-state index is 0.0614. The Hall–Kier alpha value is -3.28. The second-order valence-electron chi connectivity index (χ2n) is 10.3. The SMILES string of the molecule is Cc1c(C(=O)OCCCO[C@@H](CO)c2ccccc2)sc2[nH]c(=O)n(C(C)(C)C(=O)OC(C)(C)C)c(=O)c12. The number of nitrogens with zero attached hydrogens (tertiary/aromatic N) is 1. The molecule has 3 aromatic rings. The van der Waals surface area contributed by atoms with Crippen molar-refractivity contribution < 1.29 is 28.9 Å². The van der Waals surface area contributed by atoms with Crippen LogP contribution in [0.15, 0.2) is 39.9 Å². The molecule has 0 spiro atoms. The van der Waals surface area contributed by atoms with Crippen molar-refractivity contribution in [3.63, 3.8) is 0 Å². The molecule has 0 bridgehead atoms. The molecule has 0 aliphatic heterocycles. The van der Waals surface area contributed by atoms with Gasteiger partial charge in [0.05, 0.1) is 25.2 Å². The molecule has 2 heterocycles. The number of aromatic nitrogens is 2. The van der Waals surface area contributed by atoms with Crippen LogP contribution in [-0.2, 0) is 24.5 Å². The smallest absolute Gasteiger partial charge is 0.348 e. The third-order valence-electron chi connectivity index (χ3n) is 5.81. The molecule has 0 radical (unpaired) electrons. The van der Waals surface area contributed by atoms with E-state index in [1.54, 1.807) is 27.7 Å². The van der Waals surface area contributed by atoms with Gasteiger partial charge in [-0.1, -0.05) is 30.3 Å². The van der Waals surface area contributed by atoms with Crippen molar-refractivity contribution in [2.24, 2.45) is 0 Å². The first-order chi connectivity index (χ1) is 17.8. The number of H-pyrrole nitrogens is 1. The quantitative estimate of drug-likeness (QED) is 0.292. The van der Waals surface area contributed by atoms with Gasteiger partial charge in [-0.15, -0.1) is 11.3 Å².